The highest BCUT2D eigenvalue weighted by molar-refractivity contribution is 9.10. The van der Waals surface area contributed by atoms with E-state index in [4.69, 9.17) is 0 Å². The van der Waals surface area contributed by atoms with Gasteiger partial charge >= 0.3 is 0 Å². The highest BCUT2D eigenvalue weighted by atomic mass is 79.9. The van der Waals surface area contributed by atoms with E-state index in [0.717, 1.165) is 42.4 Å². The fourth-order valence-electron chi connectivity index (χ4n) is 2.38. The van der Waals surface area contributed by atoms with Crippen LogP contribution < -0.4 is 10.2 Å². The van der Waals surface area contributed by atoms with Gasteiger partial charge in [0.05, 0.1) is 10.2 Å². The first-order valence-electron chi connectivity index (χ1n) is 6.06. The summed E-state index contributed by atoms with van der Waals surface area (Å²) in [6, 6.07) is 2.74. The molecule has 0 radical (unpaired) electrons. The van der Waals surface area contributed by atoms with E-state index in [0.29, 0.717) is 5.39 Å². The molecule has 1 aliphatic rings. The van der Waals surface area contributed by atoms with Crippen LogP contribution in [-0.4, -0.2) is 31.2 Å². The third-order valence-electron chi connectivity index (χ3n) is 3.29. The second-order valence-electron chi connectivity index (χ2n) is 4.45. The molecule has 2 aromatic rings. The first kappa shape index (κ1) is 12.7. The summed E-state index contributed by atoms with van der Waals surface area (Å²) < 4.78 is 27.9. The zero-order valence-corrected chi connectivity index (χ0v) is 11.7. The van der Waals surface area contributed by atoms with Crippen LogP contribution in [0.2, 0.25) is 0 Å². The van der Waals surface area contributed by atoms with E-state index in [-0.39, 0.29) is 5.52 Å². The second kappa shape index (κ2) is 5.02. The van der Waals surface area contributed by atoms with E-state index in [1.807, 2.05) is 0 Å². The number of piperazine rings is 1. The maximum atomic E-state index is 13.8. The van der Waals surface area contributed by atoms with E-state index in [2.05, 4.69) is 31.1 Å². The lowest BCUT2D eigenvalue weighted by Gasteiger charge is -2.31. The van der Waals surface area contributed by atoms with E-state index >= 15 is 0 Å². The van der Waals surface area contributed by atoms with E-state index in [1.54, 1.807) is 6.07 Å². The van der Waals surface area contributed by atoms with Gasteiger partial charge in [-0.1, -0.05) is 0 Å². The Balaban J connectivity index is 2.21. The molecule has 0 atom stereocenters. The minimum atomic E-state index is -0.888. The number of anilines is 1. The maximum absolute atomic E-state index is 13.8. The number of benzene rings is 1. The Morgan fingerprint density at radius 3 is 2.68 bits per heavy atom. The van der Waals surface area contributed by atoms with Crippen LogP contribution >= 0.6 is 15.9 Å². The number of hydrogen-bond acceptors (Lipinski definition) is 3. The van der Waals surface area contributed by atoms with E-state index in [1.165, 1.54) is 6.20 Å². The van der Waals surface area contributed by atoms with Crippen LogP contribution in [0.3, 0.4) is 0 Å². The third kappa shape index (κ3) is 2.19. The van der Waals surface area contributed by atoms with Gasteiger partial charge in [-0.15, -0.1) is 0 Å². The predicted molar refractivity (Wildman–Crippen MR) is 74.4 cm³/mol. The molecule has 0 bridgehead atoms. The van der Waals surface area contributed by atoms with E-state index in [9.17, 15) is 8.78 Å². The molecule has 6 heteroatoms. The van der Waals surface area contributed by atoms with Crippen molar-refractivity contribution in [2.45, 2.75) is 0 Å². The average Bonchev–Trinajstić information content (AvgIpc) is 2.44. The van der Waals surface area contributed by atoms with Gasteiger partial charge in [0.1, 0.15) is 5.52 Å². The van der Waals surface area contributed by atoms with Crippen molar-refractivity contribution >= 4 is 32.5 Å². The molecular formula is C13H12BrF2N3. The van der Waals surface area contributed by atoms with Crippen molar-refractivity contribution < 1.29 is 8.78 Å². The summed E-state index contributed by atoms with van der Waals surface area (Å²) in [6.07, 6.45) is 1.53. The quantitative estimate of drug-likeness (QED) is 0.872. The molecule has 3 nitrogen and oxygen atoms in total. The summed E-state index contributed by atoms with van der Waals surface area (Å²) in [5, 5.41) is 3.90. The lowest BCUT2D eigenvalue weighted by atomic mass is 10.1. The third-order valence-corrected chi connectivity index (χ3v) is 3.87. The molecule has 2 heterocycles. The monoisotopic (exact) mass is 327 g/mol. The summed E-state index contributed by atoms with van der Waals surface area (Å²) in [5.41, 5.74) is 0.960. The molecular weight excluding hydrogens is 316 g/mol. The molecule has 1 aliphatic heterocycles. The lowest BCUT2D eigenvalue weighted by Crippen LogP contribution is -2.43. The van der Waals surface area contributed by atoms with Gasteiger partial charge in [-0.25, -0.2) is 8.78 Å². The lowest BCUT2D eigenvalue weighted by molar-refractivity contribution is 0.515. The molecule has 1 saturated heterocycles. The number of hydrogen-bond donors (Lipinski definition) is 1. The number of pyridine rings is 1. The Morgan fingerprint density at radius 1 is 1.21 bits per heavy atom. The number of fused-ring (bicyclic) bond motifs is 1. The van der Waals surface area contributed by atoms with Crippen LogP contribution in [0.25, 0.3) is 10.9 Å². The molecule has 0 saturated carbocycles. The van der Waals surface area contributed by atoms with Crippen molar-refractivity contribution in [1.29, 1.82) is 0 Å². The van der Waals surface area contributed by atoms with Gasteiger partial charge in [0.25, 0.3) is 0 Å². The molecule has 1 fully saturated rings. The van der Waals surface area contributed by atoms with Gasteiger partial charge in [0.15, 0.2) is 11.6 Å². The summed E-state index contributed by atoms with van der Waals surface area (Å²) in [7, 11) is 0. The van der Waals surface area contributed by atoms with Crippen molar-refractivity contribution in [3.8, 4) is 0 Å². The number of nitrogens with one attached hydrogen (secondary N) is 1. The molecule has 0 aliphatic carbocycles. The number of aromatic nitrogens is 1. The van der Waals surface area contributed by atoms with Crippen molar-refractivity contribution in [1.82, 2.24) is 10.3 Å². The van der Waals surface area contributed by atoms with Crippen LogP contribution in [0.1, 0.15) is 0 Å². The summed E-state index contributed by atoms with van der Waals surface area (Å²) in [6.45, 7) is 3.41. The Morgan fingerprint density at radius 2 is 1.95 bits per heavy atom. The zero-order valence-electron chi connectivity index (χ0n) is 10.1. The van der Waals surface area contributed by atoms with Gasteiger partial charge in [0.2, 0.25) is 0 Å². The second-order valence-corrected chi connectivity index (χ2v) is 5.30. The Bertz CT molecular complexity index is 627. The fourth-order valence-corrected chi connectivity index (χ4v) is 2.94. The summed E-state index contributed by atoms with van der Waals surface area (Å²) in [5.74, 6) is -1.75. The summed E-state index contributed by atoms with van der Waals surface area (Å²) in [4.78, 5) is 6.15. The minimum Gasteiger partial charge on any atom is -0.367 e. The van der Waals surface area contributed by atoms with Gasteiger partial charge in [-0.2, -0.15) is 0 Å². The van der Waals surface area contributed by atoms with Crippen LogP contribution in [0.4, 0.5) is 14.5 Å². The van der Waals surface area contributed by atoms with Crippen LogP contribution in [-0.2, 0) is 0 Å². The van der Waals surface area contributed by atoms with Crippen molar-refractivity contribution in [3.63, 3.8) is 0 Å². The molecule has 100 valence electrons. The number of rotatable bonds is 1. The topological polar surface area (TPSA) is 28.2 Å². The smallest absolute Gasteiger partial charge is 0.185 e. The first-order chi connectivity index (χ1) is 9.18. The van der Waals surface area contributed by atoms with Crippen LogP contribution in [0, 0.1) is 11.6 Å². The Kier molecular flexibility index (Phi) is 3.36. The molecule has 19 heavy (non-hydrogen) atoms. The summed E-state index contributed by atoms with van der Waals surface area (Å²) >= 11 is 3.46. The van der Waals surface area contributed by atoms with Gasteiger partial charge in [-0.05, 0) is 28.1 Å². The highest BCUT2D eigenvalue weighted by Crippen LogP contribution is 2.34. The van der Waals surface area contributed by atoms with Gasteiger partial charge < -0.3 is 10.2 Å². The molecule has 0 amide bonds. The number of halogens is 3. The minimum absolute atomic E-state index is 0.0803. The zero-order chi connectivity index (χ0) is 13.4. The molecule has 1 aromatic carbocycles. The van der Waals surface area contributed by atoms with Crippen LogP contribution in [0.5, 0.6) is 0 Å². The molecule has 1 N–H and O–H groups in total. The Hall–Kier alpha value is -1.27. The predicted octanol–water partition coefficient (Wildman–Crippen LogP) is 2.69. The average molecular weight is 328 g/mol. The largest absolute Gasteiger partial charge is 0.367 e. The Labute approximate surface area is 117 Å². The first-order valence-corrected chi connectivity index (χ1v) is 6.85. The van der Waals surface area contributed by atoms with Gasteiger partial charge in [0, 0.05) is 37.8 Å². The van der Waals surface area contributed by atoms with E-state index < -0.39 is 11.6 Å². The van der Waals surface area contributed by atoms with Gasteiger partial charge in [-0.3, -0.25) is 4.98 Å². The van der Waals surface area contributed by atoms with Crippen LogP contribution in [0.15, 0.2) is 22.8 Å². The standard InChI is InChI=1S/C13H12BrF2N3/c14-9-7-18-12-8(1-2-10(15)11(12)16)13(9)19-5-3-17-4-6-19/h1-2,7,17H,3-6H2. The molecule has 3 rings (SSSR count). The maximum Gasteiger partial charge on any atom is 0.185 e. The van der Waals surface area contributed by atoms with Crippen molar-refractivity contribution in [3.05, 3.63) is 34.4 Å². The molecule has 1 aromatic heterocycles. The SMILES string of the molecule is Fc1ccc2c(N3CCNCC3)c(Br)cnc2c1F. The molecule has 0 unspecified atom stereocenters. The fraction of sp³-hybridized carbons (Fsp3) is 0.308. The highest BCUT2D eigenvalue weighted by Gasteiger charge is 2.19. The molecule has 0 spiro atoms. The normalized spacial score (nSPS) is 16.1. The van der Waals surface area contributed by atoms with Crippen molar-refractivity contribution in [2.24, 2.45) is 0 Å². The number of nitrogens with zero attached hydrogens (tertiary/aromatic N) is 2. The van der Waals surface area contributed by atoms with Crippen molar-refractivity contribution in [2.75, 3.05) is 31.1 Å².